The van der Waals surface area contributed by atoms with Crippen molar-refractivity contribution < 1.29 is 32.0 Å². The predicted molar refractivity (Wildman–Crippen MR) is 28.6 cm³/mol. The molecule has 0 bridgehead atoms. The maximum atomic E-state index is 9.85. The van der Waals surface area contributed by atoms with Crippen LogP contribution in [0.25, 0.3) is 0 Å². The van der Waals surface area contributed by atoms with Gasteiger partial charge in [0.2, 0.25) is 0 Å². The molecule has 0 heterocycles. The summed E-state index contributed by atoms with van der Waals surface area (Å²) in [7, 11) is 0. The molecule has 0 unspecified atom stereocenters. The first-order chi connectivity index (χ1) is 3.62. The summed E-state index contributed by atoms with van der Waals surface area (Å²) >= 11 is 0. The van der Waals surface area contributed by atoms with Gasteiger partial charge in [0.15, 0.2) is 0 Å². The van der Waals surface area contributed by atoms with Crippen LogP contribution < -0.4 is 5.32 Å². The first-order valence-electron chi connectivity index (χ1n) is 2.16. The van der Waals surface area contributed by atoms with Gasteiger partial charge in [-0.1, -0.05) is 19.4 Å². The number of rotatable bonds is 3. The molecule has 3 nitrogen and oxygen atoms in total. The number of nitrogens with one attached hydrogen (secondary N) is 1. The zero-order valence-electron chi connectivity index (χ0n) is 5.26. The van der Waals surface area contributed by atoms with Crippen molar-refractivity contribution in [3.63, 3.8) is 0 Å². The standard InChI is InChI=1S/C5H7NO2.Nb/c1-5(2,3-7)6-4-8;/h1-2H3,(H,6,8);/q-2;+2. The molecule has 1 amide bonds. The van der Waals surface area contributed by atoms with E-state index in [0.717, 1.165) is 0 Å². The van der Waals surface area contributed by atoms with Gasteiger partial charge in [-0.05, 0) is 0 Å². The Balaban J connectivity index is 0. The molecule has 49 valence electrons. The van der Waals surface area contributed by atoms with E-state index < -0.39 is 5.54 Å². The van der Waals surface area contributed by atoms with E-state index in [2.05, 4.69) is 5.32 Å². The van der Waals surface area contributed by atoms with Crippen molar-refractivity contribution in [2.24, 2.45) is 0 Å². The van der Waals surface area contributed by atoms with Crippen molar-refractivity contribution in [1.29, 1.82) is 0 Å². The van der Waals surface area contributed by atoms with Gasteiger partial charge in [0.1, 0.15) is 0 Å². The Morgan fingerprint density at radius 1 is 1.33 bits per heavy atom. The molecule has 0 aliphatic rings. The molecular weight excluding hydrogens is 199 g/mol. The molecule has 0 aromatic heterocycles. The largest absolute Gasteiger partial charge is 2.00 e. The molecule has 0 aromatic carbocycles. The average Bonchev–Trinajstić information content (AvgIpc) is 1.67. The van der Waals surface area contributed by atoms with Crippen LogP contribution in [0.1, 0.15) is 13.8 Å². The van der Waals surface area contributed by atoms with Crippen LogP contribution in [0, 0.1) is 0 Å². The van der Waals surface area contributed by atoms with Gasteiger partial charge in [-0.25, -0.2) is 6.29 Å². The van der Waals surface area contributed by atoms with Crippen LogP contribution in [0.3, 0.4) is 0 Å². The van der Waals surface area contributed by atoms with Crippen molar-refractivity contribution >= 4 is 12.7 Å². The fourth-order valence-electron chi connectivity index (χ4n) is 0.153. The zero-order valence-corrected chi connectivity index (χ0v) is 7.46. The summed E-state index contributed by atoms with van der Waals surface area (Å²) in [6.07, 6.45) is 3.02. The molecule has 1 radical (unpaired) electrons. The fraction of sp³-hybridized carbons (Fsp3) is 0.600. The van der Waals surface area contributed by atoms with Crippen molar-refractivity contribution in [2.45, 2.75) is 19.4 Å². The summed E-state index contributed by atoms with van der Waals surface area (Å²) in [6, 6.07) is 0. The van der Waals surface area contributed by atoms with E-state index in [1.165, 1.54) is 20.3 Å². The van der Waals surface area contributed by atoms with Gasteiger partial charge in [-0.3, -0.25) is 0 Å². The Morgan fingerprint density at radius 2 is 1.78 bits per heavy atom. The number of carbonyl (C=O) groups excluding carboxylic acids is 2. The molecule has 0 saturated carbocycles. The van der Waals surface area contributed by atoms with Crippen LogP contribution in [-0.4, -0.2) is 18.2 Å². The second kappa shape index (κ2) is 4.73. The van der Waals surface area contributed by atoms with Gasteiger partial charge in [0, 0.05) is 0 Å². The van der Waals surface area contributed by atoms with Crippen LogP contribution in [0.4, 0.5) is 0 Å². The van der Waals surface area contributed by atoms with Crippen molar-refractivity contribution in [2.75, 3.05) is 0 Å². The predicted octanol–water partition coefficient (Wildman–Crippen LogP) is -0.471. The van der Waals surface area contributed by atoms with E-state index >= 15 is 0 Å². The third-order valence-corrected chi connectivity index (χ3v) is 0.619. The Kier molecular flexibility index (Phi) is 6.12. The Hall–Kier alpha value is -0.120. The molecule has 9 heavy (non-hydrogen) atoms. The summed E-state index contributed by atoms with van der Waals surface area (Å²) in [5.41, 5.74) is -0.887. The minimum Gasteiger partial charge on any atom is -0.547 e. The van der Waals surface area contributed by atoms with Gasteiger partial charge in [-0.15, -0.1) is 0 Å². The van der Waals surface area contributed by atoms with Crippen LogP contribution in [-0.2, 0) is 32.0 Å². The van der Waals surface area contributed by atoms with E-state index in [4.69, 9.17) is 0 Å². The van der Waals surface area contributed by atoms with Crippen LogP contribution in [0.15, 0.2) is 0 Å². The third kappa shape index (κ3) is 5.76. The fourth-order valence-corrected chi connectivity index (χ4v) is 0.153. The van der Waals surface area contributed by atoms with Crippen molar-refractivity contribution in [3.8, 4) is 0 Å². The molecule has 0 atom stereocenters. The first-order valence-corrected chi connectivity index (χ1v) is 2.16. The van der Waals surface area contributed by atoms with Crippen molar-refractivity contribution in [1.82, 2.24) is 5.32 Å². The van der Waals surface area contributed by atoms with Gasteiger partial charge in [0.05, 0.1) is 0 Å². The molecule has 0 rings (SSSR count). The topological polar surface area (TPSA) is 46.2 Å². The maximum Gasteiger partial charge on any atom is 2.00 e. The van der Waals surface area contributed by atoms with Gasteiger partial charge < -0.3 is 14.9 Å². The molecule has 1 N–H and O–H groups in total. The van der Waals surface area contributed by atoms with E-state index in [1.54, 1.807) is 6.29 Å². The molecule has 0 spiro atoms. The second-order valence-electron chi connectivity index (χ2n) is 1.95. The number of hydrogen-bond acceptors (Lipinski definition) is 2. The molecule has 4 heteroatoms. The number of amides is 1. The molecule has 0 fully saturated rings. The zero-order chi connectivity index (χ0) is 6.62. The Labute approximate surface area is 69.7 Å². The summed E-state index contributed by atoms with van der Waals surface area (Å²) < 4.78 is 0. The van der Waals surface area contributed by atoms with Gasteiger partial charge in [0.25, 0.3) is 0 Å². The average molecular weight is 206 g/mol. The molecular formula is C5H7NNbO2. The molecule has 0 aromatic rings. The maximum absolute atomic E-state index is 9.85. The van der Waals surface area contributed by atoms with Crippen LogP contribution in [0.5, 0.6) is 0 Å². The van der Waals surface area contributed by atoms with Gasteiger partial charge >= 0.3 is 22.4 Å². The number of hydrogen-bond donors (Lipinski definition) is 1. The first kappa shape index (κ1) is 11.6. The smallest absolute Gasteiger partial charge is 0.547 e. The summed E-state index contributed by atoms with van der Waals surface area (Å²) in [4.78, 5) is 19.4. The Morgan fingerprint density at radius 3 is 1.89 bits per heavy atom. The SMILES string of the molecule is CC(C)([C-]=O)N[C-]=O.[Nb+2]. The normalized spacial score (nSPS) is 9.11. The van der Waals surface area contributed by atoms with E-state index in [-0.39, 0.29) is 22.4 Å². The van der Waals surface area contributed by atoms with E-state index in [0.29, 0.717) is 0 Å². The molecule has 0 aliphatic carbocycles. The van der Waals surface area contributed by atoms with Crippen molar-refractivity contribution in [3.05, 3.63) is 0 Å². The van der Waals surface area contributed by atoms with E-state index in [1.807, 2.05) is 0 Å². The minimum absolute atomic E-state index is 0. The van der Waals surface area contributed by atoms with Crippen LogP contribution in [0.2, 0.25) is 0 Å². The minimum atomic E-state index is -0.887. The van der Waals surface area contributed by atoms with Crippen LogP contribution >= 0.6 is 0 Å². The quantitative estimate of drug-likeness (QED) is 0.385. The second-order valence-corrected chi connectivity index (χ2v) is 1.95. The summed E-state index contributed by atoms with van der Waals surface area (Å²) in [5, 5.41) is 2.14. The summed E-state index contributed by atoms with van der Waals surface area (Å²) in [5.74, 6) is 0. The third-order valence-electron chi connectivity index (χ3n) is 0.619. The molecule has 0 aliphatic heterocycles. The Bertz CT molecular complexity index is 103. The van der Waals surface area contributed by atoms with Gasteiger partial charge in [-0.2, -0.15) is 6.41 Å². The monoisotopic (exact) mass is 206 g/mol. The molecule has 0 saturated heterocycles. The summed E-state index contributed by atoms with van der Waals surface area (Å²) in [6.45, 7) is 3.07. The van der Waals surface area contributed by atoms with E-state index in [9.17, 15) is 9.59 Å².